The van der Waals surface area contributed by atoms with Crippen molar-refractivity contribution < 1.29 is 4.58 Å². The van der Waals surface area contributed by atoms with Crippen LogP contribution in [0.4, 0.5) is 5.69 Å². The maximum absolute atomic E-state index is 2.38. The highest BCUT2D eigenvalue weighted by Crippen LogP contribution is 2.31. The van der Waals surface area contributed by atoms with Gasteiger partial charge >= 0.3 is 0 Å². The van der Waals surface area contributed by atoms with E-state index in [1.54, 1.807) is 0 Å². The molecule has 0 saturated carbocycles. The lowest BCUT2D eigenvalue weighted by Gasteiger charge is -2.22. The number of allylic oxidation sites excluding steroid dienone is 5. The van der Waals surface area contributed by atoms with Crippen molar-refractivity contribution in [1.82, 2.24) is 0 Å². The lowest BCUT2D eigenvalue weighted by Crippen LogP contribution is -2.21. The van der Waals surface area contributed by atoms with Gasteiger partial charge in [-0.25, -0.2) is 4.58 Å². The Balaban J connectivity index is 0. The Labute approximate surface area is 237 Å². The molecule has 2 heteroatoms. The third kappa shape index (κ3) is 12.1. The Morgan fingerprint density at radius 3 is 1.39 bits per heavy atom. The van der Waals surface area contributed by atoms with Crippen LogP contribution in [0.15, 0.2) is 84.5 Å². The molecule has 2 nitrogen and oxygen atoms in total. The van der Waals surface area contributed by atoms with E-state index in [4.69, 9.17) is 0 Å². The van der Waals surface area contributed by atoms with E-state index in [0.29, 0.717) is 0 Å². The second-order valence-electron chi connectivity index (χ2n) is 7.89. The van der Waals surface area contributed by atoms with Crippen molar-refractivity contribution in [2.45, 2.75) is 89.5 Å². The summed E-state index contributed by atoms with van der Waals surface area (Å²) in [5.41, 5.74) is 7.60. The third-order valence-corrected chi connectivity index (χ3v) is 5.63. The standard InChI is InChI=1S/C27H33N2.C3H8.3C2H6/c1-5-28(6-2)25-18-14-23(15-19-25)27(22-12-10-9-11-13-22)24-16-20-26(21-17-24)29(7-3)8-4;1-3-2;3*1-2/h9-21H,5-8H2,1-4H3;3H2,1-2H3;3*1-2H3/q+1;;;;. The minimum absolute atomic E-state index is 1.03. The van der Waals surface area contributed by atoms with Crippen LogP contribution in [0.3, 0.4) is 0 Å². The monoisotopic (exact) mass is 519 g/mol. The largest absolute Gasteiger partial charge is 0.372 e. The molecule has 0 aromatic heterocycles. The van der Waals surface area contributed by atoms with Crippen molar-refractivity contribution >= 4 is 17.0 Å². The molecular weight excluding hydrogens is 460 g/mol. The average molecular weight is 520 g/mol. The van der Waals surface area contributed by atoms with Crippen LogP contribution in [-0.2, 0) is 0 Å². The van der Waals surface area contributed by atoms with Gasteiger partial charge in [-0.05, 0) is 74.3 Å². The van der Waals surface area contributed by atoms with E-state index in [2.05, 4.69) is 130 Å². The summed E-state index contributed by atoms with van der Waals surface area (Å²) in [6.07, 6.45) is 10.3. The van der Waals surface area contributed by atoms with Gasteiger partial charge in [-0.1, -0.05) is 104 Å². The van der Waals surface area contributed by atoms with Crippen molar-refractivity contribution in [1.29, 1.82) is 0 Å². The van der Waals surface area contributed by atoms with Crippen LogP contribution >= 0.6 is 0 Å². The van der Waals surface area contributed by atoms with E-state index in [0.717, 1.165) is 26.2 Å². The molecule has 0 N–H and O–H groups in total. The fourth-order valence-electron chi connectivity index (χ4n) is 3.96. The van der Waals surface area contributed by atoms with Gasteiger partial charge in [-0.15, -0.1) is 0 Å². The summed E-state index contributed by atoms with van der Waals surface area (Å²) >= 11 is 0. The summed E-state index contributed by atoms with van der Waals surface area (Å²) in [5.74, 6) is 0. The zero-order valence-corrected chi connectivity index (χ0v) is 26.9. The SMILES string of the molecule is CC.CC.CC.CCC.CCN(CC)c1ccc(C(=C2C=CC(=[N+](CC)CC)C=C2)c2ccccc2)cc1. The van der Waals surface area contributed by atoms with Crippen LogP contribution in [0.25, 0.3) is 5.57 Å². The molecule has 2 aromatic carbocycles. The molecule has 0 fully saturated rings. The summed E-state index contributed by atoms with van der Waals surface area (Å²) in [6, 6.07) is 19.7. The van der Waals surface area contributed by atoms with Crippen LogP contribution in [0.1, 0.15) is 101 Å². The second-order valence-corrected chi connectivity index (χ2v) is 7.89. The maximum atomic E-state index is 2.38. The molecule has 38 heavy (non-hydrogen) atoms. The molecule has 0 unspecified atom stereocenters. The molecule has 0 atom stereocenters. The van der Waals surface area contributed by atoms with E-state index in [1.165, 1.54) is 40.1 Å². The summed E-state index contributed by atoms with van der Waals surface area (Å²) in [6.45, 7) is 29.2. The van der Waals surface area contributed by atoms with Crippen molar-refractivity contribution in [2.75, 3.05) is 31.1 Å². The first-order chi connectivity index (χ1) is 18.6. The van der Waals surface area contributed by atoms with Gasteiger partial charge in [0.2, 0.25) is 0 Å². The van der Waals surface area contributed by atoms with Gasteiger partial charge in [0.15, 0.2) is 5.71 Å². The predicted molar refractivity (Wildman–Crippen MR) is 177 cm³/mol. The topological polar surface area (TPSA) is 6.25 Å². The Kier molecular flexibility index (Phi) is 24.0. The summed E-state index contributed by atoms with van der Waals surface area (Å²) in [7, 11) is 0. The van der Waals surface area contributed by atoms with E-state index in [9.17, 15) is 0 Å². The molecule has 0 amide bonds. The van der Waals surface area contributed by atoms with Crippen LogP contribution in [0.2, 0.25) is 0 Å². The first kappa shape index (κ1) is 37.3. The second kappa shape index (κ2) is 24.5. The van der Waals surface area contributed by atoms with Crippen LogP contribution < -0.4 is 4.90 Å². The van der Waals surface area contributed by atoms with Gasteiger partial charge in [-0.3, -0.25) is 0 Å². The lowest BCUT2D eigenvalue weighted by atomic mass is 9.90. The number of hydrogen-bond acceptors (Lipinski definition) is 1. The van der Waals surface area contributed by atoms with Gasteiger partial charge in [-0.2, -0.15) is 0 Å². The molecule has 212 valence electrons. The number of benzene rings is 2. The highest BCUT2D eigenvalue weighted by atomic mass is 15.1. The highest BCUT2D eigenvalue weighted by molar-refractivity contribution is 6.04. The number of anilines is 1. The molecule has 0 radical (unpaired) electrons. The van der Waals surface area contributed by atoms with Gasteiger partial charge in [0.25, 0.3) is 0 Å². The zero-order chi connectivity index (χ0) is 29.3. The van der Waals surface area contributed by atoms with Crippen molar-refractivity contribution in [3.63, 3.8) is 0 Å². The van der Waals surface area contributed by atoms with E-state index in [-0.39, 0.29) is 0 Å². The van der Waals surface area contributed by atoms with Crippen LogP contribution in [0.5, 0.6) is 0 Å². The van der Waals surface area contributed by atoms with Gasteiger partial charge < -0.3 is 4.90 Å². The molecule has 1 aliphatic carbocycles. The predicted octanol–water partition coefficient (Wildman–Crippen LogP) is 10.4. The lowest BCUT2D eigenvalue weighted by molar-refractivity contribution is -0.519. The first-order valence-electron chi connectivity index (χ1n) is 15.3. The third-order valence-electron chi connectivity index (χ3n) is 5.63. The Morgan fingerprint density at radius 2 is 1.00 bits per heavy atom. The minimum Gasteiger partial charge on any atom is -0.372 e. The summed E-state index contributed by atoms with van der Waals surface area (Å²) in [4.78, 5) is 2.38. The van der Waals surface area contributed by atoms with Gasteiger partial charge in [0, 0.05) is 30.9 Å². The molecule has 0 saturated heterocycles. The molecule has 0 aliphatic heterocycles. The molecule has 0 heterocycles. The Morgan fingerprint density at radius 1 is 0.579 bits per heavy atom. The molecular formula is C36H59N2+. The molecule has 3 rings (SSSR count). The minimum atomic E-state index is 1.03. The zero-order valence-electron chi connectivity index (χ0n) is 26.9. The maximum Gasteiger partial charge on any atom is 0.199 e. The number of rotatable bonds is 7. The number of hydrogen-bond donors (Lipinski definition) is 0. The molecule has 2 aromatic rings. The fourth-order valence-corrected chi connectivity index (χ4v) is 3.96. The van der Waals surface area contributed by atoms with Crippen molar-refractivity contribution in [2.24, 2.45) is 0 Å². The van der Waals surface area contributed by atoms with Crippen LogP contribution in [-0.4, -0.2) is 36.5 Å². The summed E-state index contributed by atoms with van der Waals surface area (Å²) < 4.78 is 2.38. The smallest absolute Gasteiger partial charge is 0.199 e. The van der Waals surface area contributed by atoms with Crippen molar-refractivity contribution in [3.8, 4) is 0 Å². The number of nitrogens with zero attached hydrogens (tertiary/aromatic N) is 2. The first-order valence-corrected chi connectivity index (χ1v) is 15.3. The van der Waals surface area contributed by atoms with E-state index >= 15 is 0 Å². The van der Waals surface area contributed by atoms with Gasteiger partial charge in [0.1, 0.15) is 13.1 Å². The van der Waals surface area contributed by atoms with E-state index < -0.39 is 0 Å². The Hall–Kier alpha value is -2.87. The van der Waals surface area contributed by atoms with Crippen LogP contribution in [0, 0.1) is 0 Å². The van der Waals surface area contributed by atoms with Gasteiger partial charge in [0.05, 0.1) is 0 Å². The van der Waals surface area contributed by atoms with E-state index in [1.807, 2.05) is 41.5 Å². The molecule has 0 spiro atoms. The average Bonchev–Trinajstić information content (AvgIpc) is 3.00. The summed E-state index contributed by atoms with van der Waals surface area (Å²) in [5, 5.41) is 0. The quantitative estimate of drug-likeness (QED) is 0.330. The highest BCUT2D eigenvalue weighted by Gasteiger charge is 2.14. The fraction of sp³-hybridized carbons (Fsp3) is 0.472. The molecule has 0 bridgehead atoms. The van der Waals surface area contributed by atoms with Crippen molar-refractivity contribution in [3.05, 3.63) is 95.6 Å². The molecule has 1 aliphatic rings. The Bertz CT molecular complexity index is 917. The normalized spacial score (nSPS) is 10.8.